The van der Waals surface area contributed by atoms with Gasteiger partial charge in [0.1, 0.15) is 0 Å². The van der Waals surface area contributed by atoms with Gasteiger partial charge in [-0.1, -0.05) is 18.2 Å². The van der Waals surface area contributed by atoms with E-state index in [2.05, 4.69) is 9.72 Å². The number of rotatable bonds is 2. The molecule has 16 heavy (non-hydrogen) atoms. The van der Waals surface area contributed by atoms with Crippen LogP contribution in [0.3, 0.4) is 0 Å². The number of benzene rings is 1. The van der Waals surface area contributed by atoms with Crippen LogP contribution in [-0.4, -0.2) is 18.1 Å². The van der Waals surface area contributed by atoms with Crippen molar-refractivity contribution in [2.75, 3.05) is 12.8 Å². The molecule has 1 aromatic heterocycles. The molecular formula is C11H10N2O3. The van der Waals surface area contributed by atoms with Gasteiger partial charge in [-0.05, 0) is 6.07 Å². The average Bonchev–Trinajstić information content (AvgIpc) is 2.75. The Balaban J connectivity index is 2.52. The highest BCUT2D eigenvalue weighted by molar-refractivity contribution is 5.96. The van der Waals surface area contributed by atoms with Gasteiger partial charge in [0.05, 0.1) is 18.9 Å². The second-order valence-electron chi connectivity index (χ2n) is 3.10. The maximum atomic E-state index is 11.5. The molecule has 0 radical (unpaired) electrons. The molecule has 5 heteroatoms. The van der Waals surface area contributed by atoms with Crippen LogP contribution in [0.2, 0.25) is 0 Å². The predicted molar refractivity (Wildman–Crippen MR) is 57.7 cm³/mol. The number of carbonyl (C=O) groups excluding carboxylic acids is 1. The van der Waals surface area contributed by atoms with Crippen molar-refractivity contribution in [3.05, 3.63) is 36.0 Å². The molecule has 1 aromatic carbocycles. The largest absolute Gasteiger partial charge is 0.465 e. The lowest BCUT2D eigenvalue weighted by Crippen LogP contribution is -2.02. The molecule has 0 aliphatic carbocycles. The zero-order valence-corrected chi connectivity index (χ0v) is 8.64. The lowest BCUT2D eigenvalue weighted by molar-refractivity contribution is 0.0601. The Kier molecular flexibility index (Phi) is 2.59. The summed E-state index contributed by atoms with van der Waals surface area (Å²) in [6.07, 6.45) is 1.47. The number of oxazole rings is 1. The van der Waals surface area contributed by atoms with Gasteiger partial charge in [-0.3, -0.25) is 0 Å². The van der Waals surface area contributed by atoms with Crippen LogP contribution in [-0.2, 0) is 4.74 Å². The fourth-order valence-electron chi connectivity index (χ4n) is 1.40. The highest BCUT2D eigenvalue weighted by Gasteiger charge is 2.15. The molecule has 0 fully saturated rings. The summed E-state index contributed by atoms with van der Waals surface area (Å²) >= 11 is 0. The number of nitrogens with zero attached hydrogens (tertiary/aromatic N) is 1. The molecule has 0 atom stereocenters. The van der Waals surface area contributed by atoms with Crippen LogP contribution < -0.4 is 5.73 Å². The molecule has 0 bridgehead atoms. The number of anilines is 1. The highest BCUT2D eigenvalue weighted by atomic mass is 16.5. The Morgan fingerprint density at radius 1 is 1.44 bits per heavy atom. The number of hydrogen-bond donors (Lipinski definition) is 1. The van der Waals surface area contributed by atoms with E-state index >= 15 is 0 Å². The van der Waals surface area contributed by atoms with E-state index in [1.165, 1.54) is 13.3 Å². The number of carbonyl (C=O) groups is 1. The second kappa shape index (κ2) is 4.06. The molecule has 0 saturated heterocycles. The summed E-state index contributed by atoms with van der Waals surface area (Å²) in [5, 5.41) is 0. The summed E-state index contributed by atoms with van der Waals surface area (Å²) in [6.45, 7) is 0. The zero-order chi connectivity index (χ0) is 11.5. The van der Waals surface area contributed by atoms with Gasteiger partial charge >= 0.3 is 5.97 Å². The van der Waals surface area contributed by atoms with Gasteiger partial charge in [-0.15, -0.1) is 0 Å². The van der Waals surface area contributed by atoms with E-state index in [4.69, 9.17) is 10.2 Å². The lowest BCUT2D eigenvalue weighted by Gasteiger charge is -2.03. The van der Waals surface area contributed by atoms with Crippen molar-refractivity contribution in [2.24, 2.45) is 0 Å². The Hall–Kier alpha value is -2.30. The van der Waals surface area contributed by atoms with E-state index in [0.29, 0.717) is 16.9 Å². The quantitative estimate of drug-likeness (QED) is 0.776. The minimum atomic E-state index is -0.425. The number of hydrogen-bond acceptors (Lipinski definition) is 5. The maximum absolute atomic E-state index is 11.5. The number of ether oxygens (including phenoxy) is 1. The smallest absolute Gasteiger partial charge is 0.338 e. The third-order valence-corrected chi connectivity index (χ3v) is 2.12. The Morgan fingerprint density at radius 2 is 2.19 bits per heavy atom. The van der Waals surface area contributed by atoms with Crippen LogP contribution in [0, 0.1) is 0 Å². The normalized spacial score (nSPS) is 10.1. The van der Waals surface area contributed by atoms with Crippen molar-refractivity contribution < 1.29 is 13.9 Å². The average molecular weight is 218 g/mol. The van der Waals surface area contributed by atoms with Crippen LogP contribution >= 0.6 is 0 Å². The molecule has 2 rings (SSSR count). The van der Waals surface area contributed by atoms with Gasteiger partial charge in [0.2, 0.25) is 0 Å². The molecule has 1 heterocycles. The molecule has 82 valence electrons. The van der Waals surface area contributed by atoms with E-state index in [1.807, 2.05) is 0 Å². The number of aromatic nitrogens is 1. The first-order valence-electron chi connectivity index (χ1n) is 4.61. The van der Waals surface area contributed by atoms with E-state index in [-0.39, 0.29) is 6.01 Å². The third-order valence-electron chi connectivity index (χ3n) is 2.12. The fourth-order valence-corrected chi connectivity index (χ4v) is 1.40. The fraction of sp³-hybridized carbons (Fsp3) is 0.0909. The Bertz CT molecular complexity index is 519. The summed E-state index contributed by atoms with van der Waals surface area (Å²) in [7, 11) is 1.33. The number of nitrogens with two attached hydrogens (primary N) is 1. The van der Waals surface area contributed by atoms with Gasteiger partial charge in [0, 0.05) is 5.56 Å². The minimum Gasteiger partial charge on any atom is -0.465 e. The maximum Gasteiger partial charge on any atom is 0.338 e. The number of esters is 1. The molecule has 0 spiro atoms. The van der Waals surface area contributed by atoms with Crippen LogP contribution in [0.25, 0.3) is 11.3 Å². The Morgan fingerprint density at radius 3 is 2.81 bits per heavy atom. The van der Waals surface area contributed by atoms with Gasteiger partial charge in [-0.25, -0.2) is 9.78 Å². The molecule has 0 unspecified atom stereocenters. The van der Waals surface area contributed by atoms with Crippen molar-refractivity contribution >= 4 is 12.0 Å². The number of methoxy groups -OCH3 is 1. The second-order valence-corrected chi connectivity index (χ2v) is 3.10. The van der Waals surface area contributed by atoms with Crippen LogP contribution in [0.1, 0.15) is 10.4 Å². The zero-order valence-electron chi connectivity index (χ0n) is 8.64. The number of nitrogen functional groups attached to an aromatic ring is 1. The van der Waals surface area contributed by atoms with Gasteiger partial charge in [-0.2, -0.15) is 0 Å². The van der Waals surface area contributed by atoms with Crippen LogP contribution in [0.5, 0.6) is 0 Å². The Labute approximate surface area is 91.8 Å². The first kappa shape index (κ1) is 10.2. The van der Waals surface area contributed by atoms with Crippen LogP contribution in [0.4, 0.5) is 6.01 Å². The molecule has 0 aliphatic heterocycles. The van der Waals surface area contributed by atoms with Gasteiger partial charge in [0.25, 0.3) is 6.01 Å². The van der Waals surface area contributed by atoms with E-state index in [0.717, 1.165) is 0 Å². The van der Waals surface area contributed by atoms with E-state index < -0.39 is 5.97 Å². The molecule has 0 aliphatic rings. The molecule has 0 saturated carbocycles. The lowest BCUT2D eigenvalue weighted by atomic mass is 10.1. The van der Waals surface area contributed by atoms with Gasteiger partial charge < -0.3 is 14.9 Å². The van der Waals surface area contributed by atoms with Crippen molar-refractivity contribution in [3.8, 4) is 11.3 Å². The predicted octanol–water partition coefficient (Wildman–Crippen LogP) is 1.71. The highest BCUT2D eigenvalue weighted by Crippen LogP contribution is 2.25. The SMILES string of the molecule is COC(=O)c1ccccc1-c1cnc(N)o1. The standard InChI is InChI=1S/C11H10N2O3/c1-15-10(14)8-5-3-2-4-7(8)9-6-13-11(12)16-9/h2-6H,1H3,(H2,12,13). The van der Waals surface area contributed by atoms with Crippen molar-refractivity contribution in [3.63, 3.8) is 0 Å². The summed E-state index contributed by atoms with van der Waals surface area (Å²) in [4.78, 5) is 15.3. The third kappa shape index (κ3) is 1.75. The molecule has 0 amide bonds. The summed E-state index contributed by atoms with van der Waals surface area (Å²) in [5.41, 5.74) is 6.41. The van der Waals surface area contributed by atoms with Crippen molar-refractivity contribution in [1.29, 1.82) is 0 Å². The molecular weight excluding hydrogens is 208 g/mol. The minimum absolute atomic E-state index is 0.0645. The van der Waals surface area contributed by atoms with Crippen molar-refractivity contribution in [1.82, 2.24) is 4.98 Å². The van der Waals surface area contributed by atoms with Gasteiger partial charge in [0.15, 0.2) is 5.76 Å². The van der Waals surface area contributed by atoms with E-state index in [9.17, 15) is 4.79 Å². The van der Waals surface area contributed by atoms with E-state index in [1.54, 1.807) is 24.3 Å². The monoisotopic (exact) mass is 218 g/mol. The first-order valence-corrected chi connectivity index (χ1v) is 4.61. The summed E-state index contributed by atoms with van der Waals surface area (Å²) in [6, 6.07) is 7.00. The van der Waals surface area contributed by atoms with Crippen LogP contribution in [0.15, 0.2) is 34.9 Å². The summed E-state index contributed by atoms with van der Waals surface area (Å²) < 4.78 is 9.84. The van der Waals surface area contributed by atoms with Crippen molar-refractivity contribution in [2.45, 2.75) is 0 Å². The summed E-state index contributed by atoms with van der Waals surface area (Å²) in [5.74, 6) is 0.0177. The first-order chi connectivity index (χ1) is 7.72. The molecule has 5 nitrogen and oxygen atoms in total. The topological polar surface area (TPSA) is 78.3 Å². The molecule has 2 aromatic rings. The molecule has 2 N–H and O–H groups in total.